The molecule has 0 radical (unpaired) electrons. The Bertz CT molecular complexity index is 1140. The van der Waals surface area contributed by atoms with E-state index < -0.39 is 28.8 Å². The summed E-state index contributed by atoms with van der Waals surface area (Å²) >= 11 is 0. The van der Waals surface area contributed by atoms with Crippen molar-refractivity contribution in [1.29, 1.82) is 0 Å². The third kappa shape index (κ3) is 5.72. The van der Waals surface area contributed by atoms with Crippen molar-refractivity contribution in [1.82, 2.24) is 0 Å². The van der Waals surface area contributed by atoms with E-state index in [1.54, 1.807) is 54.6 Å². The van der Waals surface area contributed by atoms with E-state index in [2.05, 4.69) is 0 Å². The number of aliphatic hydroxyl groups is 1. The molecule has 0 atom stereocenters. The maximum absolute atomic E-state index is 13.2. The summed E-state index contributed by atoms with van der Waals surface area (Å²) in [5.74, 6) is 0.534. The molecule has 0 aliphatic rings. The van der Waals surface area contributed by atoms with E-state index in [0.717, 1.165) is 0 Å². The second-order valence-electron chi connectivity index (χ2n) is 9.66. The van der Waals surface area contributed by atoms with Crippen LogP contribution in [0.1, 0.15) is 13.8 Å². The molecule has 0 bridgehead atoms. The first-order valence-corrected chi connectivity index (χ1v) is 15.8. The van der Waals surface area contributed by atoms with Gasteiger partial charge in [-0.2, -0.15) is 0 Å². The Hall–Kier alpha value is -3.02. The molecule has 1 N–H and O–H groups in total. The fourth-order valence-electron chi connectivity index (χ4n) is 5.52. The number of hydrogen-bond acceptors (Lipinski definition) is 11. The Morgan fingerprint density at radius 2 is 0.829 bits per heavy atom. The van der Waals surface area contributed by atoms with Crippen LogP contribution in [0.25, 0.3) is 0 Å². The molecule has 3 rings (SSSR count). The Labute approximate surface area is 241 Å². The number of hydrogen-bond donors (Lipinski definition) is 1. The van der Waals surface area contributed by atoms with Gasteiger partial charge in [-0.1, -0.05) is 0 Å². The summed E-state index contributed by atoms with van der Waals surface area (Å²) in [6.07, 6.45) is -0.530. The minimum absolute atomic E-state index is 0.0168. The van der Waals surface area contributed by atoms with Gasteiger partial charge in [0.05, 0.1) is 0 Å². The summed E-state index contributed by atoms with van der Waals surface area (Å²) in [4.78, 5) is 0. The molecule has 11 nitrogen and oxygen atoms in total. The third-order valence-corrected chi connectivity index (χ3v) is 14.0. The van der Waals surface area contributed by atoms with Crippen molar-refractivity contribution in [3.63, 3.8) is 0 Å². The first kappa shape index (κ1) is 32.5. The average molecular weight is 615 g/mol. The van der Waals surface area contributed by atoms with Gasteiger partial charge in [-0.25, -0.2) is 0 Å². The van der Waals surface area contributed by atoms with Crippen LogP contribution in [0.4, 0.5) is 0 Å². The topological polar surface area (TPSA) is 154 Å². The van der Waals surface area contributed by atoms with Gasteiger partial charge in [0.25, 0.3) is 0 Å². The van der Waals surface area contributed by atoms with E-state index in [0.29, 0.717) is 0 Å². The molecule has 0 fully saturated rings. The summed E-state index contributed by atoms with van der Waals surface area (Å²) < 4.78 is 80.4. The molecule has 3 aromatic rings. The van der Waals surface area contributed by atoms with Crippen molar-refractivity contribution in [3.8, 4) is 34.5 Å². The molecule has 3 aromatic carbocycles. The summed E-state index contributed by atoms with van der Waals surface area (Å²) in [5, 5.41) is 11.7. The zero-order chi connectivity index (χ0) is 30.7. The number of benzene rings is 3. The second kappa shape index (κ2) is 12.1. The minimum atomic E-state index is -5.60. The van der Waals surface area contributed by atoms with Crippen LogP contribution in [-0.4, -0.2) is 59.5 Å². The Kier molecular flexibility index (Phi) is 9.57. The first-order chi connectivity index (χ1) is 19.3. The van der Waals surface area contributed by atoms with E-state index in [9.17, 15) is 19.1 Å². The van der Waals surface area contributed by atoms with E-state index in [1.165, 1.54) is 56.5 Å². The maximum atomic E-state index is 13.2. The molecule has 41 heavy (non-hydrogen) atoms. The predicted octanol–water partition coefficient (Wildman–Crippen LogP) is 0.168. The quantitative estimate of drug-likeness (QED) is 0.262. The molecule has 13 heteroatoms. The van der Waals surface area contributed by atoms with Gasteiger partial charge in [-0.3, -0.25) is 0 Å². The second-order valence-corrected chi connectivity index (χ2v) is 15.1. The summed E-state index contributed by atoms with van der Waals surface area (Å²) in [6, 6.07) is 14.2. The molecule has 0 aliphatic carbocycles. The standard InChI is InChI=1S/C28H36ClO11P/c1-28(2,30)18-41(40-29(31,32)33,25-19(34-3)12-9-13-20(25)35-4,26-21(36-5)14-10-15-22(26)37-6)27-23(38-7)16-11-17-24(27)39-8/h9-17,30H,18H2,1-8H3. The van der Waals surface area contributed by atoms with E-state index in [-0.39, 0.29) is 50.4 Å². The van der Waals surface area contributed by atoms with Crippen LogP contribution in [-0.2, 0) is 4.08 Å². The number of rotatable bonds is 13. The molecular formula is C28H36ClO11P. The van der Waals surface area contributed by atoms with Crippen LogP contribution in [0.15, 0.2) is 54.6 Å². The van der Waals surface area contributed by atoms with Gasteiger partial charge < -0.3 is 0 Å². The first-order valence-electron chi connectivity index (χ1n) is 12.3. The molecule has 0 saturated heterocycles. The molecule has 0 unspecified atom stereocenters. The monoisotopic (exact) mass is 614 g/mol. The molecule has 226 valence electrons. The zero-order valence-corrected chi connectivity index (χ0v) is 25.9. The Morgan fingerprint density at radius 3 is 1.00 bits per heavy atom. The van der Waals surface area contributed by atoms with Gasteiger partial charge in [-0.15, -0.1) is 0 Å². The average Bonchev–Trinajstić information content (AvgIpc) is 2.93. The summed E-state index contributed by atoms with van der Waals surface area (Å²) in [7, 11) is 2.94. The molecule has 0 spiro atoms. The number of halogens is 1. The number of methoxy groups -OCH3 is 6. The zero-order valence-electron chi connectivity index (χ0n) is 24.3. The number of ether oxygens (including phenoxy) is 6. The van der Waals surface area contributed by atoms with E-state index in [4.69, 9.17) is 32.5 Å². The van der Waals surface area contributed by atoms with Crippen molar-refractivity contribution in [2.45, 2.75) is 19.4 Å². The molecule has 0 aromatic heterocycles. The van der Waals surface area contributed by atoms with Crippen LogP contribution < -0.4 is 58.3 Å². The van der Waals surface area contributed by atoms with Crippen LogP contribution in [0.5, 0.6) is 34.5 Å². The van der Waals surface area contributed by atoms with Gasteiger partial charge in [0.15, 0.2) is 0 Å². The molecular weight excluding hydrogens is 579 g/mol. The van der Waals surface area contributed by atoms with Gasteiger partial charge in [0.2, 0.25) is 0 Å². The van der Waals surface area contributed by atoms with Crippen LogP contribution in [0.3, 0.4) is 0 Å². The molecule has 0 amide bonds. The molecule has 0 heterocycles. The third-order valence-electron chi connectivity index (χ3n) is 6.55. The van der Waals surface area contributed by atoms with Crippen molar-refractivity contribution >= 4 is 22.7 Å². The van der Waals surface area contributed by atoms with Crippen molar-refractivity contribution in [3.05, 3.63) is 54.6 Å². The fourth-order valence-corrected chi connectivity index (χ4v) is 14.4. The van der Waals surface area contributed by atoms with Crippen molar-refractivity contribution < 1.29 is 61.8 Å². The molecule has 0 saturated carbocycles. The van der Waals surface area contributed by atoms with Gasteiger partial charge in [-0.05, 0) is 0 Å². The van der Waals surface area contributed by atoms with Crippen LogP contribution in [0.2, 0.25) is 0 Å². The van der Waals surface area contributed by atoms with Crippen molar-refractivity contribution in [2.24, 2.45) is 0 Å². The SMILES string of the molecule is COc1cccc(OC)c1P(CC(C)(C)O)(O[Cl+3]([O-])([O-])[O-])(c1c(OC)cccc1OC)c1c(OC)cccc1OC. The summed E-state index contributed by atoms with van der Waals surface area (Å²) in [6.45, 7) is -2.69. The van der Waals surface area contributed by atoms with Gasteiger partial charge >= 0.3 is 242 Å². The normalized spacial score (nSPS) is 13.1. The van der Waals surface area contributed by atoms with Crippen molar-refractivity contribution in [2.75, 3.05) is 48.8 Å². The predicted molar refractivity (Wildman–Crippen MR) is 147 cm³/mol. The van der Waals surface area contributed by atoms with Crippen LogP contribution in [0, 0.1) is 10.2 Å². The van der Waals surface area contributed by atoms with Gasteiger partial charge in [0, 0.05) is 0 Å². The van der Waals surface area contributed by atoms with E-state index >= 15 is 0 Å². The summed E-state index contributed by atoms with van der Waals surface area (Å²) in [5.41, 5.74) is -1.73. The Morgan fingerprint density at radius 1 is 0.585 bits per heavy atom. The Balaban J connectivity index is 3.04. The van der Waals surface area contributed by atoms with Gasteiger partial charge in [0.1, 0.15) is 0 Å². The van der Waals surface area contributed by atoms with Crippen LogP contribution >= 0.6 is 6.83 Å². The fraction of sp³-hybridized carbons (Fsp3) is 0.357. The van der Waals surface area contributed by atoms with E-state index in [1.807, 2.05) is 0 Å². The molecule has 0 aliphatic heterocycles.